The van der Waals surface area contributed by atoms with E-state index in [1.165, 1.54) is 51.4 Å². The molecule has 0 amide bonds. The van der Waals surface area contributed by atoms with Crippen LogP contribution in [0.4, 0.5) is 0 Å². The fourth-order valence-electron chi connectivity index (χ4n) is 12.6. The van der Waals surface area contributed by atoms with Crippen LogP contribution in [0.15, 0.2) is 0 Å². The highest BCUT2D eigenvalue weighted by atomic mass is 16.6. The van der Waals surface area contributed by atoms with Crippen molar-refractivity contribution in [3.63, 3.8) is 0 Å². The second-order valence-electron chi connectivity index (χ2n) is 19.1. The van der Waals surface area contributed by atoms with Crippen molar-refractivity contribution < 1.29 is 38.1 Å². The Hall–Kier alpha value is -1.96. The monoisotopic (exact) mass is 793 g/mol. The third-order valence-corrected chi connectivity index (χ3v) is 16.4. The van der Waals surface area contributed by atoms with Crippen LogP contribution in [0.3, 0.4) is 0 Å². The van der Waals surface area contributed by atoms with Crippen LogP contribution in [0, 0.1) is 88.3 Å². The Labute approximate surface area is 344 Å². The predicted molar refractivity (Wildman–Crippen MR) is 227 cm³/mol. The molecule has 328 valence electrons. The van der Waals surface area contributed by atoms with Gasteiger partial charge in [0.15, 0.2) is 0 Å². The molecule has 12 unspecified atom stereocenters. The van der Waals surface area contributed by atoms with Crippen molar-refractivity contribution >= 4 is 23.9 Å². The molecule has 10 rings (SSSR count). The number of hydrogen-bond donors (Lipinski definition) is 0. The summed E-state index contributed by atoms with van der Waals surface area (Å²) in [6.07, 6.45) is 13.6. The van der Waals surface area contributed by atoms with E-state index in [1.54, 1.807) is 13.8 Å². The van der Waals surface area contributed by atoms with Crippen molar-refractivity contribution in [1.82, 2.24) is 0 Å². The molecule has 2 saturated heterocycles. The lowest BCUT2D eigenvalue weighted by molar-refractivity contribution is -0.218. The van der Waals surface area contributed by atoms with E-state index >= 15 is 0 Å². The minimum absolute atomic E-state index is 0. The van der Waals surface area contributed by atoms with Crippen molar-refractivity contribution in [2.24, 2.45) is 88.3 Å². The number of fused-ring (bicyclic) bond motifs is 3. The highest BCUT2D eigenvalue weighted by molar-refractivity contribution is 5.95. The molecule has 0 N–H and O–H groups in total. The molecule has 8 bridgehead atoms. The quantitative estimate of drug-likeness (QED) is 0.149. The lowest BCUT2D eigenvalue weighted by Crippen LogP contribution is -2.60. The van der Waals surface area contributed by atoms with E-state index in [4.69, 9.17) is 14.2 Å². The molecule has 8 saturated carbocycles. The molecular formula is C48H88O8. The van der Waals surface area contributed by atoms with Crippen molar-refractivity contribution in [3.05, 3.63) is 0 Å². The lowest BCUT2D eigenvalue weighted by Gasteiger charge is -2.60. The number of rotatable bonds is 6. The standard InChI is InChI=1S/C18H26O3.C18H30O2.C6H8O3.6CH4/c1-8-9(2)13-4-10(8)5-15(13)18(19)21-16-11-3-12-7-20-17(16)14(12)6-11;1-5-17(3,4)16(19)20-18(6-2)14-8-12-7-13(10-14)11-15(18)9-12;1-3-4(2)6(8)9-5(3)7;;;;;;/h8-17H,3-7H2,1-2H3;12-15H,5-11H2,1-4H3;3-4H,1-2H3;6*1H4. The fraction of sp³-hybridized carbons (Fsp3) is 0.917. The van der Waals surface area contributed by atoms with Gasteiger partial charge < -0.3 is 18.9 Å². The molecule has 2 heterocycles. The SMILES string of the molecule is C.C.C.C.C.C.CC1C(=O)OC(=O)C1C.CC1C2CC(C(=O)OC3C4CC5COC3C5C4)C(C2)C1C.CCC(C)(C)C(=O)OC1(CC)C2CC3CC(C2)CC1C3. The van der Waals surface area contributed by atoms with Crippen LogP contribution >= 0.6 is 0 Å². The molecule has 10 fully saturated rings. The topological polar surface area (TPSA) is 105 Å². The molecule has 0 aromatic heterocycles. The molecule has 8 nitrogen and oxygen atoms in total. The first kappa shape index (κ1) is 52.1. The second-order valence-corrected chi connectivity index (χ2v) is 19.1. The van der Waals surface area contributed by atoms with Crippen molar-refractivity contribution in [3.8, 4) is 0 Å². The molecule has 12 atom stereocenters. The van der Waals surface area contributed by atoms with Gasteiger partial charge in [-0.1, -0.05) is 86.1 Å². The molecule has 0 spiro atoms. The van der Waals surface area contributed by atoms with Gasteiger partial charge in [-0.25, -0.2) is 0 Å². The van der Waals surface area contributed by atoms with Crippen LogP contribution in [0.5, 0.6) is 0 Å². The molecular weight excluding hydrogens is 705 g/mol. The van der Waals surface area contributed by atoms with Gasteiger partial charge in [-0.2, -0.15) is 0 Å². The summed E-state index contributed by atoms with van der Waals surface area (Å²) in [5.74, 6) is 7.01. The first-order chi connectivity index (χ1) is 23.7. The molecule has 10 aliphatic rings. The minimum atomic E-state index is -0.396. The van der Waals surface area contributed by atoms with E-state index in [0.29, 0.717) is 35.5 Å². The van der Waals surface area contributed by atoms with Gasteiger partial charge in [0.1, 0.15) is 11.7 Å². The van der Waals surface area contributed by atoms with Gasteiger partial charge in [0.2, 0.25) is 0 Å². The van der Waals surface area contributed by atoms with Crippen LogP contribution in [0.1, 0.15) is 171 Å². The normalized spacial score (nSPS) is 43.4. The molecule has 0 aromatic carbocycles. The van der Waals surface area contributed by atoms with E-state index in [-0.39, 0.29) is 97.5 Å². The molecule has 0 radical (unpaired) electrons. The van der Waals surface area contributed by atoms with Crippen molar-refractivity contribution in [1.29, 1.82) is 0 Å². The summed E-state index contributed by atoms with van der Waals surface area (Å²) in [7, 11) is 0. The van der Waals surface area contributed by atoms with Crippen LogP contribution in [-0.4, -0.2) is 48.3 Å². The fourth-order valence-corrected chi connectivity index (χ4v) is 12.6. The maximum atomic E-state index is 12.7. The summed E-state index contributed by atoms with van der Waals surface area (Å²) in [6.45, 7) is 17.3. The number of cyclic esters (lactones) is 2. The number of hydrogen-bond acceptors (Lipinski definition) is 8. The Morgan fingerprint density at radius 2 is 1.23 bits per heavy atom. The van der Waals surface area contributed by atoms with Crippen LogP contribution in [0.25, 0.3) is 0 Å². The average molecular weight is 793 g/mol. The molecule has 56 heavy (non-hydrogen) atoms. The highest BCUT2D eigenvalue weighted by Gasteiger charge is 2.61. The van der Waals surface area contributed by atoms with Gasteiger partial charge in [0.25, 0.3) is 0 Å². The highest BCUT2D eigenvalue weighted by Crippen LogP contribution is 2.61. The third kappa shape index (κ3) is 8.81. The van der Waals surface area contributed by atoms with Crippen molar-refractivity contribution in [2.45, 2.75) is 188 Å². The van der Waals surface area contributed by atoms with Crippen LogP contribution in [-0.2, 0) is 38.1 Å². The zero-order valence-electron chi connectivity index (χ0n) is 32.0. The minimum Gasteiger partial charge on any atom is -0.459 e. The maximum absolute atomic E-state index is 12.7. The summed E-state index contributed by atoms with van der Waals surface area (Å²) in [6, 6.07) is 0. The van der Waals surface area contributed by atoms with Gasteiger partial charge in [0.05, 0.1) is 35.9 Å². The van der Waals surface area contributed by atoms with E-state index in [0.717, 1.165) is 55.5 Å². The predicted octanol–water partition coefficient (Wildman–Crippen LogP) is 11.6. The number of carbonyl (C=O) groups excluding carboxylic acids is 4. The second kappa shape index (κ2) is 19.4. The largest absolute Gasteiger partial charge is 0.459 e. The van der Waals surface area contributed by atoms with Gasteiger partial charge >= 0.3 is 23.9 Å². The summed E-state index contributed by atoms with van der Waals surface area (Å²) >= 11 is 0. The summed E-state index contributed by atoms with van der Waals surface area (Å²) in [4.78, 5) is 46.5. The molecule has 8 aliphatic carbocycles. The first-order valence-electron chi connectivity index (χ1n) is 20.5. The van der Waals surface area contributed by atoms with Crippen LogP contribution < -0.4 is 0 Å². The third-order valence-electron chi connectivity index (χ3n) is 16.4. The van der Waals surface area contributed by atoms with Gasteiger partial charge in [0, 0.05) is 0 Å². The molecule has 8 heteroatoms. The Kier molecular flexibility index (Phi) is 18.0. The lowest BCUT2D eigenvalue weighted by atomic mass is 9.49. The number of esters is 4. The van der Waals surface area contributed by atoms with Gasteiger partial charge in [-0.05, 0) is 150 Å². The zero-order valence-corrected chi connectivity index (χ0v) is 32.0. The maximum Gasteiger partial charge on any atom is 0.317 e. The molecule has 2 aliphatic heterocycles. The average Bonchev–Trinajstić information content (AvgIpc) is 3.92. The summed E-state index contributed by atoms with van der Waals surface area (Å²) in [5.41, 5.74) is -0.465. The smallest absolute Gasteiger partial charge is 0.317 e. The van der Waals surface area contributed by atoms with E-state index in [1.807, 2.05) is 13.8 Å². The van der Waals surface area contributed by atoms with E-state index in [9.17, 15) is 19.2 Å². The van der Waals surface area contributed by atoms with Crippen LogP contribution in [0.2, 0.25) is 0 Å². The summed E-state index contributed by atoms with van der Waals surface area (Å²) in [5, 5.41) is 0. The van der Waals surface area contributed by atoms with E-state index < -0.39 is 11.9 Å². The Bertz CT molecular complexity index is 1290. The Morgan fingerprint density at radius 1 is 0.696 bits per heavy atom. The van der Waals surface area contributed by atoms with Gasteiger partial charge in [-0.15, -0.1) is 0 Å². The Balaban J connectivity index is 0.000000425. The number of ether oxygens (including phenoxy) is 4. The van der Waals surface area contributed by atoms with Gasteiger partial charge in [-0.3, -0.25) is 19.2 Å². The first-order valence-corrected chi connectivity index (χ1v) is 20.5. The zero-order chi connectivity index (χ0) is 35.9. The number of carbonyl (C=O) groups is 4. The van der Waals surface area contributed by atoms with E-state index in [2.05, 4.69) is 32.4 Å². The Morgan fingerprint density at radius 3 is 1.68 bits per heavy atom. The molecule has 0 aromatic rings. The van der Waals surface area contributed by atoms with Crippen molar-refractivity contribution in [2.75, 3.05) is 6.61 Å². The summed E-state index contributed by atoms with van der Waals surface area (Å²) < 4.78 is 22.6.